The largest absolute Gasteiger partial charge is 0.508 e. The Balaban J connectivity index is 1.38. The molecule has 0 unspecified atom stereocenters. The summed E-state index contributed by atoms with van der Waals surface area (Å²) in [6, 6.07) is 19.4. The standard InChI is InChI=1S/C34H26O8/c1-16-8-23-22-6-4-21(37)15-30(22)41-34(25-7-5-19(35)13-26(25)38)33(23)24(9-16)32-27(39)10-18(12-31(32)42-34)28-11-17-2-3-20(36)14-29(17)40-28/h2-7,9-15,23-24,33,35-39H,8H2,1H3/t23-,24+,33-,34+/m0/s1. The summed E-state index contributed by atoms with van der Waals surface area (Å²) in [5.41, 5.74) is 3.98. The molecule has 0 radical (unpaired) electrons. The van der Waals surface area contributed by atoms with Gasteiger partial charge in [-0.05, 0) is 67.4 Å². The van der Waals surface area contributed by atoms with Crippen LogP contribution in [0.15, 0.2) is 88.9 Å². The van der Waals surface area contributed by atoms with Crippen molar-refractivity contribution in [2.24, 2.45) is 5.92 Å². The lowest BCUT2D eigenvalue weighted by molar-refractivity contribution is -0.198. The summed E-state index contributed by atoms with van der Waals surface area (Å²) in [4.78, 5) is 0. The number of allylic oxidation sites excluding steroid dienone is 2. The zero-order valence-electron chi connectivity index (χ0n) is 22.4. The molecular formula is C34H26O8. The Morgan fingerprint density at radius 2 is 1.48 bits per heavy atom. The number of phenols is 5. The van der Waals surface area contributed by atoms with E-state index in [0.717, 1.165) is 16.5 Å². The van der Waals surface area contributed by atoms with Gasteiger partial charge in [0.25, 0.3) is 5.79 Å². The van der Waals surface area contributed by atoms with Crippen LogP contribution in [0.3, 0.4) is 0 Å². The Morgan fingerprint density at radius 1 is 0.738 bits per heavy atom. The van der Waals surface area contributed by atoms with Crippen molar-refractivity contribution in [2.75, 3.05) is 0 Å². The highest BCUT2D eigenvalue weighted by atomic mass is 16.7. The van der Waals surface area contributed by atoms with E-state index in [9.17, 15) is 25.5 Å². The van der Waals surface area contributed by atoms with Crippen molar-refractivity contribution in [3.05, 3.63) is 101 Å². The summed E-state index contributed by atoms with van der Waals surface area (Å²) in [5.74, 6) is -1.40. The van der Waals surface area contributed by atoms with E-state index in [-0.39, 0.29) is 40.6 Å². The molecule has 5 N–H and O–H groups in total. The van der Waals surface area contributed by atoms with Crippen molar-refractivity contribution < 1.29 is 39.4 Å². The highest BCUT2D eigenvalue weighted by Gasteiger charge is 2.61. The zero-order chi connectivity index (χ0) is 28.9. The minimum absolute atomic E-state index is 0.0283. The van der Waals surface area contributed by atoms with E-state index in [1.54, 1.807) is 42.5 Å². The average molecular weight is 563 g/mol. The Kier molecular flexibility index (Phi) is 4.90. The fourth-order valence-corrected chi connectivity index (χ4v) is 7.11. The van der Waals surface area contributed by atoms with Gasteiger partial charge in [0.05, 0.1) is 11.5 Å². The maximum Gasteiger partial charge on any atom is 0.285 e. The molecule has 4 atom stereocenters. The van der Waals surface area contributed by atoms with Crippen LogP contribution < -0.4 is 9.47 Å². The molecule has 8 rings (SSSR count). The van der Waals surface area contributed by atoms with Gasteiger partial charge in [-0.1, -0.05) is 17.7 Å². The van der Waals surface area contributed by atoms with Gasteiger partial charge >= 0.3 is 0 Å². The van der Waals surface area contributed by atoms with Crippen molar-refractivity contribution in [1.82, 2.24) is 0 Å². The van der Waals surface area contributed by atoms with Crippen molar-refractivity contribution in [2.45, 2.75) is 31.0 Å². The third kappa shape index (κ3) is 3.41. The lowest BCUT2D eigenvalue weighted by atomic mass is 9.61. The number of ether oxygens (including phenoxy) is 2. The summed E-state index contributed by atoms with van der Waals surface area (Å²) >= 11 is 0. The van der Waals surface area contributed by atoms with Crippen LogP contribution in [0.4, 0.5) is 0 Å². The molecule has 4 aromatic carbocycles. The summed E-state index contributed by atoms with van der Waals surface area (Å²) in [6.45, 7) is 2.05. The van der Waals surface area contributed by atoms with Crippen LogP contribution in [-0.4, -0.2) is 25.5 Å². The quantitative estimate of drug-likeness (QED) is 0.144. The highest BCUT2D eigenvalue weighted by Crippen LogP contribution is 2.65. The van der Waals surface area contributed by atoms with Crippen LogP contribution in [0.2, 0.25) is 0 Å². The Bertz CT molecular complexity index is 1970. The van der Waals surface area contributed by atoms with E-state index in [1.165, 1.54) is 18.2 Å². The Morgan fingerprint density at radius 3 is 2.31 bits per heavy atom. The van der Waals surface area contributed by atoms with Crippen molar-refractivity contribution in [3.63, 3.8) is 0 Å². The number of benzene rings is 4. The predicted molar refractivity (Wildman–Crippen MR) is 153 cm³/mol. The van der Waals surface area contributed by atoms with Gasteiger partial charge in [0.2, 0.25) is 0 Å². The third-order valence-corrected chi connectivity index (χ3v) is 8.78. The first kappa shape index (κ1) is 24.5. The van der Waals surface area contributed by atoms with Crippen molar-refractivity contribution in [3.8, 4) is 51.6 Å². The second-order valence-electron chi connectivity index (χ2n) is 11.4. The van der Waals surface area contributed by atoms with E-state index < -0.39 is 11.7 Å². The Labute approximate surface area is 239 Å². The molecule has 1 aliphatic carbocycles. The van der Waals surface area contributed by atoms with Crippen LogP contribution in [0.5, 0.6) is 40.2 Å². The molecule has 0 saturated carbocycles. The average Bonchev–Trinajstić information content (AvgIpc) is 3.35. The van der Waals surface area contributed by atoms with Gasteiger partial charge in [0.15, 0.2) is 0 Å². The molecule has 1 aromatic heterocycles. The van der Waals surface area contributed by atoms with E-state index in [1.807, 2.05) is 12.1 Å². The van der Waals surface area contributed by atoms with Gasteiger partial charge in [-0.3, -0.25) is 0 Å². The molecule has 3 aliphatic rings. The van der Waals surface area contributed by atoms with E-state index in [4.69, 9.17) is 13.9 Å². The monoisotopic (exact) mass is 562 g/mol. The molecule has 8 nitrogen and oxygen atoms in total. The van der Waals surface area contributed by atoms with E-state index >= 15 is 0 Å². The number of fused-ring (bicyclic) bond motifs is 5. The van der Waals surface area contributed by atoms with Crippen molar-refractivity contribution in [1.29, 1.82) is 0 Å². The molecule has 0 fully saturated rings. The second kappa shape index (κ2) is 8.39. The van der Waals surface area contributed by atoms with Gasteiger partial charge in [0.1, 0.15) is 51.6 Å². The van der Waals surface area contributed by atoms with Crippen molar-refractivity contribution >= 4 is 11.0 Å². The predicted octanol–water partition coefficient (Wildman–Crippen LogP) is 7.10. The summed E-state index contributed by atoms with van der Waals surface area (Å²) in [7, 11) is 0. The number of hydrogen-bond acceptors (Lipinski definition) is 8. The van der Waals surface area contributed by atoms with Gasteiger partial charge in [0, 0.05) is 46.5 Å². The molecule has 2 aliphatic heterocycles. The number of furan rings is 1. The highest BCUT2D eigenvalue weighted by molar-refractivity contribution is 5.84. The molecule has 5 aromatic rings. The zero-order valence-corrected chi connectivity index (χ0v) is 22.4. The van der Waals surface area contributed by atoms with Crippen LogP contribution in [0.25, 0.3) is 22.3 Å². The van der Waals surface area contributed by atoms with Gasteiger partial charge < -0.3 is 39.4 Å². The molecule has 3 heterocycles. The van der Waals surface area contributed by atoms with Crippen LogP contribution in [-0.2, 0) is 5.79 Å². The number of hydrogen-bond donors (Lipinski definition) is 5. The first-order valence-corrected chi connectivity index (χ1v) is 13.7. The van der Waals surface area contributed by atoms with Gasteiger partial charge in [-0.2, -0.15) is 0 Å². The topological polar surface area (TPSA) is 133 Å². The number of phenolic OH excluding ortho intramolecular Hbond substituents is 5. The lowest BCUT2D eigenvalue weighted by Gasteiger charge is -2.55. The minimum atomic E-state index is -1.57. The minimum Gasteiger partial charge on any atom is -0.508 e. The molecular weight excluding hydrogens is 536 g/mol. The lowest BCUT2D eigenvalue weighted by Crippen LogP contribution is -2.56. The summed E-state index contributed by atoms with van der Waals surface area (Å²) < 4.78 is 19.5. The SMILES string of the molecule is CC1=C[C@@H]2c3c(O)cc(-c4cc5ccc(O)cc5o4)cc3O[C@@]3(c4ccc(O)cc4O)Oc4cc(O)ccc4[C@H](C1)[C@@H]23. The normalized spacial score (nSPS) is 23.6. The fourth-order valence-electron chi connectivity index (χ4n) is 7.11. The molecule has 0 bridgehead atoms. The third-order valence-electron chi connectivity index (χ3n) is 8.78. The first-order valence-electron chi connectivity index (χ1n) is 13.7. The van der Waals surface area contributed by atoms with Gasteiger partial charge in [-0.25, -0.2) is 0 Å². The molecule has 0 spiro atoms. The molecule has 0 amide bonds. The number of aromatic hydroxyl groups is 5. The Hall–Kier alpha value is -5.24. The second-order valence-corrected chi connectivity index (χ2v) is 11.4. The fraction of sp³-hybridized carbons (Fsp3) is 0.176. The number of rotatable bonds is 2. The molecule has 0 saturated heterocycles. The molecule has 210 valence electrons. The maximum absolute atomic E-state index is 11.5. The van der Waals surface area contributed by atoms with Crippen LogP contribution >= 0.6 is 0 Å². The molecule has 42 heavy (non-hydrogen) atoms. The smallest absolute Gasteiger partial charge is 0.285 e. The maximum atomic E-state index is 11.5. The van der Waals surface area contributed by atoms with E-state index in [0.29, 0.717) is 46.0 Å². The van der Waals surface area contributed by atoms with Gasteiger partial charge in [-0.15, -0.1) is 0 Å². The summed E-state index contributed by atoms with van der Waals surface area (Å²) in [6.07, 6.45) is 2.80. The molecule has 8 heteroatoms. The van der Waals surface area contributed by atoms with Crippen LogP contribution in [0.1, 0.15) is 41.9 Å². The van der Waals surface area contributed by atoms with E-state index in [2.05, 4.69) is 13.0 Å². The first-order chi connectivity index (χ1) is 20.2. The van der Waals surface area contributed by atoms with Crippen LogP contribution in [0, 0.1) is 5.92 Å². The summed E-state index contributed by atoms with van der Waals surface area (Å²) in [5, 5.41) is 53.9.